The lowest BCUT2D eigenvalue weighted by atomic mass is 10.3. The molecule has 0 radical (unpaired) electrons. The number of benzene rings is 2. The van der Waals surface area contributed by atoms with E-state index >= 15 is 0 Å². The summed E-state index contributed by atoms with van der Waals surface area (Å²) >= 11 is 5.86. The molecular formula is C16H18ClN3O5S. The number of rotatable bonds is 8. The molecule has 0 bridgehead atoms. The summed E-state index contributed by atoms with van der Waals surface area (Å²) in [4.78, 5) is 12.2. The molecule has 0 aliphatic heterocycles. The smallest absolute Gasteiger partial charge is 0.312 e. The van der Waals surface area contributed by atoms with Gasteiger partial charge in [-0.1, -0.05) is 17.7 Å². The molecule has 0 spiro atoms. The van der Waals surface area contributed by atoms with E-state index in [1.807, 2.05) is 4.90 Å². The minimum Gasteiger partial charge on any atom is -0.450 e. The van der Waals surface area contributed by atoms with Crippen LogP contribution in [-0.4, -0.2) is 45.4 Å². The number of nitrogens with one attached hydrogen (secondary N) is 1. The van der Waals surface area contributed by atoms with Crippen molar-refractivity contribution in [1.29, 1.82) is 0 Å². The van der Waals surface area contributed by atoms with Crippen molar-refractivity contribution < 1.29 is 18.1 Å². The monoisotopic (exact) mass is 399 g/mol. The fraction of sp³-hybridized carbons (Fsp3) is 0.250. The van der Waals surface area contributed by atoms with Gasteiger partial charge in [0.15, 0.2) is 0 Å². The Kier molecular flexibility index (Phi) is 6.54. The van der Waals surface area contributed by atoms with E-state index in [4.69, 9.17) is 16.3 Å². The SMILES string of the molecule is CN(C)CCNS(=O)(=O)c1ccc(Oc2cccc(Cl)c2)c([N+](=O)[O-])c1. The summed E-state index contributed by atoms with van der Waals surface area (Å²) in [5.41, 5.74) is -0.458. The first-order chi connectivity index (χ1) is 12.2. The van der Waals surface area contributed by atoms with Crippen molar-refractivity contribution in [3.63, 3.8) is 0 Å². The van der Waals surface area contributed by atoms with Crippen molar-refractivity contribution in [1.82, 2.24) is 9.62 Å². The number of nitro benzene ring substituents is 1. The van der Waals surface area contributed by atoms with Crippen molar-refractivity contribution in [3.8, 4) is 11.5 Å². The van der Waals surface area contributed by atoms with Crippen LogP contribution in [0.15, 0.2) is 47.4 Å². The molecule has 0 aliphatic carbocycles. The van der Waals surface area contributed by atoms with Gasteiger partial charge in [0.05, 0.1) is 9.82 Å². The molecule has 8 nitrogen and oxygen atoms in total. The molecule has 2 aromatic rings. The van der Waals surface area contributed by atoms with Crippen LogP contribution in [-0.2, 0) is 10.0 Å². The molecule has 0 fully saturated rings. The van der Waals surface area contributed by atoms with Crippen molar-refractivity contribution >= 4 is 27.3 Å². The maximum Gasteiger partial charge on any atom is 0.312 e. The molecule has 0 saturated carbocycles. The zero-order valence-electron chi connectivity index (χ0n) is 14.2. The largest absolute Gasteiger partial charge is 0.450 e. The number of nitro groups is 1. The van der Waals surface area contributed by atoms with E-state index < -0.39 is 20.6 Å². The molecule has 2 aromatic carbocycles. The molecule has 0 amide bonds. The van der Waals surface area contributed by atoms with Crippen LogP contribution in [0.4, 0.5) is 5.69 Å². The summed E-state index contributed by atoms with van der Waals surface area (Å²) in [6, 6.07) is 9.83. The Bertz CT molecular complexity index is 903. The Morgan fingerprint density at radius 2 is 1.96 bits per heavy atom. The zero-order chi connectivity index (χ0) is 19.3. The third-order valence-corrected chi connectivity index (χ3v) is 5.01. The Morgan fingerprint density at radius 1 is 1.23 bits per heavy atom. The number of hydrogen-bond donors (Lipinski definition) is 1. The van der Waals surface area contributed by atoms with Crippen molar-refractivity contribution in [3.05, 3.63) is 57.6 Å². The van der Waals surface area contributed by atoms with Crippen molar-refractivity contribution in [2.75, 3.05) is 27.2 Å². The quantitative estimate of drug-likeness (QED) is 0.541. The second kappa shape index (κ2) is 8.45. The Balaban J connectivity index is 2.29. The second-order valence-corrected chi connectivity index (χ2v) is 7.85. The van der Waals surface area contributed by atoms with E-state index in [-0.39, 0.29) is 17.2 Å². The summed E-state index contributed by atoms with van der Waals surface area (Å²) in [5.74, 6) is 0.227. The first kappa shape index (κ1) is 20.1. The zero-order valence-corrected chi connectivity index (χ0v) is 15.7. The summed E-state index contributed by atoms with van der Waals surface area (Å²) in [6.07, 6.45) is 0. The minimum absolute atomic E-state index is 0.0792. The highest BCUT2D eigenvalue weighted by Crippen LogP contribution is 2.34. The Hall–Kier alpha value is -2.20. The summed E-state index contributed by atoms with van der Waals surface area (Å²) in [7, 11) is -0.253. The van der Waals surface area contributed by atoms with Crippen LogP contribution < -0.4 is 9.46 Å². The van der Waals surface area contributed by atoms with Gasteiger partial charge in [0.25, 0.3) is 0 Å². The van der Waals surface area contributed by atoms with Gasteiger partial charge < -0.3 is 9.64 Å². The van der Waals surface area contributed by atoms with Gasteiger partial charge in [-0.2, -0.15) is 0 Å². The highest BCUT2D eigenvalue weighted by molar-refractivity contribution is 7.89. The molecule has 26 heavy (non-hydrogen) atoms. The van der Waals surface area contributed by atoms with E-state index in [0.717, 1.165) is 6.07 Å². The van der Waals surface area contributed by atoms with Gasteiger partial charge in [0.1, 0.15) is 5.75 Å². The normalized spacial score (nSPS) is 11.5. The highest BCUT2D eigenvalue weighted by Gasteiger charge is 2.22. The number of nitrogens with zero attached hydrogens (tertiary/aromatic N) is 2. The van der Waals surface area contributed by atoms with Gasteiger partial charge in [0, 0.05) is 24.2 Å². The van der Waals surface area contributed by atoms with Gasteiger partial charge in [-0.25, -0.2) is 13.1 Å². The van der Waals surface area contributed by atoms with E-state index in [9.17, 15) is 18.5 Å². The van der Waals surface area contributed by atoms with Crippen LogP contribution in [0.1, 0.15) is 0 Å². The van der Waals surface area contributed by atoms with E-state index in [0.29, 0.717) is 17.3 Å². The van der Waals surface area contributed by atoms with E-state index in [1.54, 1.807) is 32.3 Å². The lowest BCUT2D eigenvalue weighted by Crippen LogP contribution is -2.31. The second-order valence-electron chi connectivity index (χ2n) is 5.65. The number of ether oxygens (including phenoxy) is 1. The van der Waals surface area contributed by atoms with Crippen LogP contribution in [0.25, 0.3) is 0 Å². The maximum atomic E-state index is 12.3. The molecule has 0 aliphatic rings. The lowest BCUT2D eigenvalue weighted by Gasteiger charge is -2.12. The van der Waals surface area contributed by atoms with Gasteiger partial charge in [-0.05, 0) is 44.4 Å². The summed E-state index contributed by atoms with van der Waals surface area (Å²) in [5, 5.41) is 11.8. The van der Waals surface area contributed by atoms with E-state index in [1.165, 1.54) is 18.2 Å². The molecule has 140 valence electrons. The fourth-order valence-electron chi connectivity index (χ4n) is 2.04. The molecule has 0 unspecified atom stereocenters. The number of sulfonamides is 1. The van der Waals surface area contributed by atoms with Crippen molar-refractivity contribution in [2.24, 2.45) is 0 Å². The summed E-state index contributed by atoms with van der Waals surface area (Å²) < 4.78 is 32.5. The topological polar surface area (TPSA) is 102 Å². The molecule has 1 N–H and O–H groups in total. The molecule has 0 aromatic heterocycles. The van der Waals surface area contributed by atoms with Gasteiger partial charge in [-0.3, -0.25) is 10.1 Å². The van der Waals surface area contributed by atoms with Crippen LogP contribution in [0.2, 0.25) is 5.02 Å². The molecule has 2 rings (SSSR count). The van der Waals surface area contributed by atoms with Crippen LogP contribution in [0.3, 0.4) is 0 Å². The van der Waals surface area contributed by atoms with Crippen LogP contribution in [0, 0.1) is 10.1 Å². The Labute approximate surface area is 156 Å². The molecule has 10 heteroatoms. The third kappa shape index (κ3) is 5.40. The number of likely N-dealkylation sites (N-methyl/N-ethyl adjacent to an activating group) is 1. The number of hydrogen-bond acceptors (Lipinski definition) is 6. The average Bonchev–Trinajstić information content (AvgIpc) is 2.54. The van der Waals surface area contributed by atoms with Gasteiger partial charge in [0.2, 0.25) is 15.8 Å². The molecule has 0 saturated heterocycles. The third-order valence-electron chi connectivity index (χ3n) is 3.31. The lowest BCUT2D eigenvalue weighted by molar-refractivity contribution is -0.385. The molecule has 0 atom stereocenters. The van der Waals surface area contributed by atoms with Crippen molar-refractivity contribution in [2.45, 2.75) is 4.90 Å². The van der Waals surface area contributed by atoms with Gasteiger partial charge in [-0.15, -0.1) is 0 Å². The average molecular weight is 400 g/mol. The molecule has 0 heterocycles. The minimum atomic E-state index is -3.87. The van der Waals surface area contributed by atoms with Gasteiger partial charge >= 0.3 is 5.69 Å². The fourth-order valence-corrected chi connectivity index (χ4v) is 3.26. The molecular weight excluding hydrogens is 382 g/mol. The first-order valence-corrected chi connectivity index (χ1v) is 9.41. The Morgan fingerprint density at radius 3 is 2.58 bits per heavy atom. The predicted octanol–water partition coefficient (Wildman–Crippen LogP) is 2.88. The number of halogens is 1. The highest BCUT2D eigenvalue weighted by atomic mass is 35.5. The van der Waals surface area contributed by atoms with Crippen LogP contribution >= 0.6 is 11.6 Å². The van der Waals surface area contributed by atoms with E-state index in [2.05, 4.69) is 4.72 Å². The maximum absolute atomic E-state index is 12.3. The first-order valence-electron chi connectivity index (χ1n) is 7.55. The standard InChI is InChI=1S/C16H18ClN3O5S/c1-19(2)9-8-18-26(23,24)14-6-7-16(15(11-14)20(21)22)25-13-5-3-4-12(17)10-13/h3-7,10-11,18H,8-9H2,1-2H3. The predicted molar refractivity (Wildman–Crippen MR) is 98.4 cm³/mol. The van der Waals surface area contributed by atoms with Crippen LogP contribution in [0.5, 0.6) is 11.5 Å². The summed E-state index contributed by atoms with van der Waals surface area (Å²) in [6.45, 7) is 0.682.